The summed E-state index contributed by atoms with van der Waals surface area (Å²) in [5, 5.41) is 18.6. The summed E-state index contributed by atoms with van der Waals surface area (Å²) in [7, 11) is 0. The number of hydrogen-bond donors (Lipinski definition) is 1. The van der Waals surface area contributed by atoms with Crippen molar-refractivity contribution >= 4 is 5.97 Å². The first-order chi connectivity index (χ1) is 16.5. The quantitative estimate of drug-likeness (QED) is 0.393. The van der Waals surface area contributed by atoms with E-state index in [0.29, 0.717) is 30.9 Å². The molecule has 0 atom stereocenters. The fourth-order valence-corrected chi connectivity index (χ4v) is 3.96. The van der Waals surface area contributed by atoms with Crippen molar-refractivity contribution in [1.82, 2.24) is 15.0 Å². The molecule has 1 aromatic heterocycles. The van der Waals surface area contributed by atoms with Crippen molar-refractivity contribution in [3.8, 4) is 28.3 Å². The standard InChI is InChI=1S/C27H25N3O4/c1-19-25(29-30(28-19)22-10-3-2-4-11-22)18-33-23-12-5-8-20(16-23)21-9-6-13-24(17-21)34-27(26(31)32)14-7-15-27/h2-6,8-13,16-17H,7,14-15,18H2,1H3,(H,31,32). The first-order valence-corrected chi connectivity index (χ1v) is 11.3. The van der Waals surface area contributed by atoms with Gasteiger partial charge in [-0.1, -0.05) is 42.5 Å². The van der Waals surface area contributed by atoms with Gasteiger partial charge in [-0.15, -0.1) is 5.10 Å². The molecule has 172 valence electrons. The van der Waals surface area contributed by atoms with Crippen LogP contribution in [0.15, 0.2) is 78.9 Å². The van der Waals surface area contributed by atoms with Crippen molar-refractivity contribution in [3.05, 3.63) is 90.3 Å². The van der Waals surface area contributed by atoms with Gasteiger partial charge in [-0.25, -0.2) is 4.79 Å². The Labute approximate surface area is 197 Å². The molecular weight excluding hydrogens is 430 g/mol. The predicted octanol–water partition coefficient (Wildman–Crippen LogP) is 5.21. The number of rotatable bonds is 8. The SMILES string of the molecule is Cc1nn(-c2ccccc2)nc1COc1cccc(-c2cccc(OC3(C(=O)O)CCC3)c2)c1. The van der Waals surface area contributed by atoms with Crippen LogP contribution in [0.5, 0.6) is 11.5 Å². The largest absolute Gasteiger partial charge is 0.487 e. The third-order valence-electron chi connectivity index (χ3n) is 6.11. The number of ether oxygens (including phenoxy) is 2. The van der Waals surface area contributed by atoms with E-state index in [1.807, 2.05) is 79.7 Å². The Bertz CT molecular complexity index is 1310. The molecule has 1 aliphatic carbocycles. The number of aliphatic carboxylic acids is 1. The molecule has 0 saturated heterocycles. The van der Waals surface area contributed by atoms with Gasteiger partial charge in [-0.3, -0.25) is 0 Å². The lowest BCUT2D eigenvalue weighted by Gasteiger charge is -2.37. The zero-order valence-electron chi connectivity index (χ0n) is 18.8. The molecule has 34 heavy (non-hydrogen) atoms. The molecule has 0 aliphatic heterocycles. The molecule has 5 rings (SSSR count). The van der Waals surface area contributed by atoms with Crippen molar-refractivity contribution in [2.75, 3.05) is 0 Å². The molecule has 1 aliphatic rings. The van der Waals surface area contributed by atoms with E-state index in [1.54, 1.807) is 10.9 Å². The van der Waals surface area contributed by atoms with Crippen molar-refractivity contribution in [1.29, 1.82) is 0 Å². The number of carboxylic acid groups (broad SMARTS) is 1. The summed E-state index contributed by atoms with van der Waals surface area (Å²) >= 11 is 0. The Kier molecular flexibility index (Phi) is 5.76. The smallest absolute Gasteiger partial charge is 0.348 e. The fourth-order valence-electron chi connectivity index (χ4n) is 3.96. The molecule has 0 radical (unpaired) electrons. The van der Waals surface area contributed by atoms with Crippen molar-refractivity contribution in [2.45, 2.75) is 38.4 Å². The summed E-state index contributed by atoms with van der Waals surface area (Å²) in [4.78, 5) is 13.3. The topological polar surface area (TPSA) is 86.5 Å². The number of carboxylic acids is 1. The lowest BCUT2D eigenvalue weighted by atomic mass is 9.80. The molecule has 7 nitrogen and oxygen atoms in total. The van der Waals surface area contributed by atoms with Crippen LogP contribution in [0.25, 0.3) is 16.8 Å². The minimum absolute atomic E-state index is 0.298. The molecule has 4 aromatic rings. The lowest BCUT2D eigenvalue weighted by molar-refractivity contribution is -0.163. The normalized spacial score (nSPS) is 14.3. The molecule has 1 saturated carbocycles. The number of aromatic nitrogens is 3. The highest BCUT2D eigenvalue weighted by atomic mass is 16.5. The third kappa shape index (κ3) is 4.37. The van der Waals surface area contributed by atoms with Gasteiger partial charge in [-0.2, -0.15) is 9.90 Å². The highest BCUT2D eigenvalue weighted by Gasteiger charge is 2.47. The molecule has 0 unspecified atom stereocenters. The van der Waals surface area contributed by atoms with Crippen LogP contribution in [0.3, 0.4) is 0 Å². The van der Waals surface area contributed by atoms with Crippen molar-refractivity contribution in [2.24, 2.45) is 0 Å². The second-order valence-corrected chi connectivity index (χ2v) is 8.46. The van der Waals surface area contributed by atoms with Crippen LogP contribution in [0, 0.1) is 6.92 Å². The summed E-state index contributed by atoms with van der Waals surface area (Å²) in [6.07, 6.45) is 1.93. The molecule has 0 amide bonds. The summed E-state index contributed by atoms with van der Waals surface area (Å²) < 4.78 is 11.9. The van der Waals surface area contributed by atoms with Gasteiger partial charge in [0.05, 0.1) is 11.4 Å². The van der Waals surface area contributed by atoms with Gasteiger partial charge in [-0.05, 0) is 73.7 Å². The predicted molar refractivity (Wildman–Crippen MR) is 127 cm³/mol. The van der Waals surface area contributed by atoms with E-state index < -0.39 is 11.6 Å². The number of aryl methyl sites for hydroxylation is 1. The van der Waals surface area contributed by atoms with Gasteiger partial charge in [0, 0.05) is 0 Å². The van der Waals surface area contributed by atoms with E-state index in [1.165, 1.54) is 0 Å². The minimum atomic E-state index is -1.10. The minimum Gasteiger partial charge on any atom is -0.487 e. The Morgan fingerprint density at radius 3 is 2.26 bits per heavy atom. The molecule has 1 fully saturated rings. The zero-order valence-corrected chi connectivity index (χ0v) is 18.8. The average Bonchev–Trinajstić information content (AvgIpc) is 3.21. The van der Waals surface area contributed by atoms with Gasteiger partial charge in [0.2, 0.25) is 5.60 Å². The van der Waals surface area contributed by atoms with Gasteiger partial charge in [0.15, 0.2) is 0 Å². The van der Waals surface area contributed by atoms with Crippen molar-refractivity contribution < 1.29 is 19.4 Å². The van der Waals surface area contributed by atoms with E-state index >= 15 is 0 Å². The Morgan fingerprint density at radius 2 is 1.62 bits per heavy atom. The number of para-hydroxylation sites is 1. The van der Waals surface area contributed by atoms with Crippen LogP contribution in [0.4, 0.5) is 0 Å². The highest BCUT2D eigenvalue weighted by Crippen LogP contribution is 2.38. The summed E-state index contributed by atoms with van der Waals surface area (Å²) in [5.74, 6) is 0.358. The molecule has 1 N–H and O–H groups in total. The van der Waals surface area contributed by atoms with Crippen LogP contribution in [-0.4, -0.2) is 31.7 Å². The second-order valence-electron chi connectivity index (χ2n) is 8.46. The average molecular weight is 456 g/mol. The number of carbonyl (C=O) groups is 1. The maximum Gasteiger partial charge on any atom is 0.348 e. The highest BCUT2D eigenvalue weighted by molar-refractivity contribution is 5.79. The van der Waals surface area contributed by atoms with Gasteiger partial charge >= 0.3 is 5.97 Å². The number of nitrogens with zero attached hydrogens (tertiary/aromatic N) is 3. The molecular formula is C27H25N3O4. The second kappa shape index (κ2) is 9.02. The number of hydrogen-bond acceptors (Lipinski definition) is 5. The summed E-state index contributed by atoms with van der Waals surface area (Å²) in [6, 6.07) is 25.0. The Morgan fingerprint density at radius 1 is 0.941 bits per heavy atom. The summed E-state index contributed by atoms with van der Waals surface area (Å²) in [6.45, 7) is 2.21. The maximum atomic E-state index is 11.6. The van der Waals surface area contributed by atoms with Crippen LogP contribution in [0.1, 0.15) is 30.7 Å². The fraction of sp³-hybridized carbons (Fsp3) is 0.222. The Balaban J connectivity index is 1.30. The summed E-state index contributed by atoms with van der Waals surface area (Å²) in [5.41, 5.74) is 3.25. The van der Waals surface area contributed by atoms with E-state index in [9.17, 15) is 9.90 Å². The van der Waals surface area contributed by atoms with Gasteiger partial charge in [0.25, 0.3) is 0 Å². The molecule has 7 heteroatoms. The van der Waals surface area contributed by atoms with Crippen LogP contribution >= 0.6 is 0 Å². The zero-order chi connectivity index (χ0) is 23.5. The van der Waals surface area contributed by atoms with E-state index in [0.717, 1.165) is 34.6 Å². The van der Waals surface area contributed by atoms with Crippen molar-refractivity contribution in [3.63, 3.8) is 0 Å². The van der Waals surface area contributed by atoms with Crippen LogP contribution < -0.4 is 9.47 Å². The van der Waals surface area contributed by atoms with E-state index in [2.05, 4.69) is 10.2 Å². The van der Waals surface area contributed by atoms with E-state index in [4.69, 9.17) is 9.47 Å². The molecule has 3 aromatic carbocycles. The van der Waals surface area contributed by atoms with Gasteiger partial charge in [0.1, 0.15) is 23.8 Å². The van der Waals surface area contributed by atoms with Crippen LogP contribution in [0.2, 0.25) is 0 Å². The van der Waals surface area contributed by atoms with Gasteiger partial charge < -0.3 is 14.6 Å². The van der Waals surface area contributed by atoms with Crippen LogP contribution in [-0.2, 0) is 11.4 Å². The Hall–Kier alpha value is -4.13. The lowest BCUT2D eigenvalue weighted by Crippen LogP contribution is -2.50. The first-order valence-electron chi connectivity index (χ1n) is 11.3. The molecule has 0 bridgehead atoms. The van der Waals surface area contributed by atoms with E-state index in [-0.39, 0.29) is 0 Å². The first kappa shape index (κ1) is 21.7. The number of benzene rings is 3. The molecule has 1 heterocycles. The molecule has 0 spiro atoms. The monoisotopic (exact) mass is 455 g/mol. The third-order valence-corrected chi connectivity index (χ3v) is 6.11. The maximum absolute atomic E-state index is 11.6.